The first-order valence-corrected chi connectivity index (χ1v) is 6.28. The molecule has 2 heterocycles. The van der Waals surface area contributed by atoms with E-state index in [2.05, 4.69) is 21.8 Å². The topological polar surface area (TPSA) is 29.0 Å². The lowest BCUT2D eigenvalue weighted by atomic mass is 9.94. The summed E-state index contributed by atoms with van der Waals surface area (Å²) in [4.78, 5) is 11.0. The van der Waals surface area contributed by atoms with Gasteiger partial charge in [0, 0.05) is 30.9 Å². The second kappa shape index (κ2) is 5.00. The maximum absolute atomic E-state index is 6.12. The minimum absolute atomic E-state index is 0.279. The fourth-order valence-corrected chi connectivity index (χ4v) is 2.36. The number of anilines is 1. The second-order valence-corrected chi connectivity index (χ2v) is 5.25. The first kappa shape index (κ1) is 11.6. The average molecular weight is 240 g/mol. The summed E-state index contributed by atoms with van der Waals surface area (Å²) in [6.07, 6.45) is 6.03. The van der Waals surface area contributed by atoms with Crippen molar-refractivity contribution in [1.82, 2.24) is 9.97 Å². The Morgan fingerprint density at radius 3 is 2.38 bits per heavy atom. The van der Waals surface area contributed by atoms with Crippen LogP contribution in [0.25, 0.3) is 0 Å². The van der Waals surface area contributed by atoms with Crippen molar-refractivity contribution in [3.05, 3.63) is 18.0 Å². The summed E-state index contributed by atoms with van der Waals surface area (Å²) in [6.45, 7) is 6.13. The maximum atomic E-state index is 6.12. The Bertz CT molecular complexity index is 329. The zero-order valence-electron chi connectivity index (χ0n) is 9.86. The first-order chi connectivity index (χ1) is 7.66. The van der Waals surface area contributed by atoms with Gasteiger partial charge in [-0.15, -0.1) is 11.6 Å². The number of hydrogen-bond acceptors (Lipinski definition) is 3. The fraction of sp³-hybridized carbons (Fsp3) is 0.667. The molecule has 1 atom stereocenters. The van der Waals surface area contributed by atoms with Gasteiger partial charge in [0.25, 0.3) is 0 Å². The number of nitrogens with zero attached hydrogens (tertiary/aromatic N) is 3. The zero-order chi connectivity index (χ0) is 11.5. The summed E-state index contributed by atoms with van der Waals surface area (Å²) in [5, 5.41) is 0.279. The van der Waals surface area contributed by atoms with Crippen LogP contribution in [0.5, 0.6) is 0 Å². The van der Waals surface area contributed by atoms with Crippen LogP contribution in [-0.2, 0) is 0 Å². The van der Waals surface area contributed by atoms with Crippen molar-refractivity contribution in [2.45, 2.75) is 32.1 Å². The molecule has 3 nitrogen and oxygen atoms in total. The largest absolute Gasteiger partial charge is 0.341 e. The van der Waals surface area contributed by atoms with Crippen molar-refractivity contribution in [2.75, 3.05) is 18.0 Å². The number of aromatic nitrogens is 2. The molecule has 2 rings (SSSR count). The molecule has 16 heavy (non-hydrogen) atoms. The highest BCUT2D eigenvalue weighted by atomic mass is 35.5. The number of alkyl halides is 1. The number of rotatable bonds is 2. The van der Waals surface area contributed by atoms with E-state index in [4.69, 9.17) is 11.6 Å². The van der Waals surface area contributed by atoms with E-state index in [1.165, 1.54) is 0 Å². The Morgan fingerprint density at radius 1 is 1.31 bits per heavy atom. The molecule has 1 aliphatic heterocycles. The van der Waals surface area contributed by atoms with Crippen molar-refractivity contribution < 1.29 is 0 Å². The normalized spacial score (nSPS) is 19.8. The highest BCUT2D eigenvalue weighted by Crippen LogP contribution is 2.25. The van der Waals surface area contributed by atoms with Crippen LogP contribution in [0.2, 0.25) is 0 Å². The van der Waals surface area contributed by atoms with Gasteiger partial charge >= 0.3 is 0 Å². The highest BCUT2D eigenvalue weighted by Gasteiger charge is 2.23. The van der Waals surface area contributed by atoms with Crippen LogP contribution in [0.3, 0.4) is 0 Å². The van der Waals surface area contributed by atoms with Gasteiger partial charge in [-0.1, -0.05) is 0 Å². The molecule has 1 aliphatic rings. The Kier molecular flexibility index (Phi) is 3.64. The van der Waals surface area contributed by atoms with Gasteiger partial charge in [-0.2, -0.15) is 0 Å². The summed E-state index contributed by atoms with van der Waals surface area (Å²) in [5.41, 5.74) is 1.10. The fourth-order valence-electron chi connectivity index (χ4n) is 2.11. The molecule has 1 aromatic heterocycles. The molecule has 1 unspecified atom stereocenters. The van der Waals surface area contributed by atoms with Gasteiger partial charge in [0.05, 0.1) is 0 Å². The van der Waals surface area contributed by atoms with E-state index in [0.29, 0.717) is 5.92 Å². The summed E-state index contributed by atoms with van der Waals surface area (Å²) >= 11 is 6.12. The lowest BCUT2D eigenvalue weighted by molar-refractivity contribution is 0.397. The molecule has 0 spiro atoms. The molecule has 0 aliphatic carbocycles. The first-order valence-electron chi connectivity index (χ1n) is 5.84. The molecule has 0 saturated carbocycles. The number of piperidine rings is 1. The third kappa shape index (κ3) is 2.64. The van der Waals surface area contributed by atoms with Gasteiger partial charge < -0.3 is 4.90 Å². The summed E-state index contributed by atoms with van der Waals surface area (Å²) < 4.78 is 0. The smallest absolute Gasteiger partial charge is 0.225 e. The monoisotopic (exact) mass is 239 g/mol. The van der Waals surface area contributed by atoms with E-state index in [0.717, 1.165) is 37.4 Å². The third-order valence-electron chi connectivity index (χ3n) is 3.24. The molecule has 0 N–H and O–H groups in total. The number of aryl methyl sites for hydroxylation is 1. The Hall–Kier alpha value is -0.830. The molecule has 1 aromatic rings. The molecule has 88 valence electrons. The van der Waals surface area contributed by atoms with E-state index >= 15 is 0 Å². The van der Waals surface area contributed by atoms with Crippen LogP contribution in [0.1, 0.15) is 25.3 Å². The zero-order valence-corrected chi connectivity index (χ0v) is 10.6. The maximum Gasteiger partial charge on any atom is 0.225 e. The van der Waals surface area contributed by atoms with Crippen molar-refractivity contribution in [2.24, 2.45) is 5.92 Å². The van der Waals surface area contributed by atoms with E-state index in [1.807, 2.05) is 19.3 Å². The Balaban J connectivity index is 1.96. The molecule has 0 amide bonds. The van der Waals surface area contributed by atoms with Gasteiger partial charge in [0.15, 0.2) is 0 Å². The molecule has 4 heteroatoms. The van der Waals surface area contributed by atoms with Gasteiger partial charge in [-0.05, 0) is 38.2 Å². The van der Waals surface area contributed by atoms with E-state index in [9.17, 15) is 0 Å². The van der Waals surface area contributed by atoms with E-state index in [1.54, 1.807) is 0 Å². The second-order valence-electron chi connectivity index (χ2n) is 4.56. The van der Waals surface area contributed by atoms with Crippen molar-refractivity contribution in [1.29, 1.82) is 0 Å². The lowest BCUT2D eigenvalue weighted by Crippen LogP contribution is -2.36. The SMILES string of the molecule is Cc1cnc(N2CCC(C(C)Cl)CC2)nc1. The average Bonchev–Trinajstić information content (AvgIpc) is 2.30. The molecule has 0 bridgehead atoms. The predicted octanol–water partition coefficient (Wildman–Crippen LogP) is 2.63. The number of hydrogen-bond donors (Lipinski definition) is 0. The predicted molar refractivity (Wildman–Crippen MR) is 67.0 cm³/mol. The van der Waals surface area contributed by atoms with Gasteiger partial charge in [-0.25, -0.2) is 9.97 Å². The number of halogens is 1. The molecule has 0 radical (unpaired) electrons. The summed E-state index contributed by atoms with van der Waals surface area (Å²) in [7, 11) is 0. The Morgan fingerprint density at radius 2 is 1.88 bits per heavy atom. The van der Waals surface area contributed by atoms with Crippen molar-refractivity contribution in [3.63, 3.8) is 0 Å². The molecular weight excluding hydrogens is 222 g/mol. The van der Waals surface area contributed by atoms with Crippen molar-refractivity contribution >= 4 is 17.5 Å². The van der Waals surface area contributed by atoms with E-state index < -0.39 is 0 Å². The Labute approximate surface area is 102 Å². The third-order valence-corrected chi connectivity index (χ3v) is 3.60. The van der Waals surface area contributed by atoms with Gasteiger partial charge in [0.2, 0.25) is 5.95 Å². The van der Waals surface area contributed by atoms with Crippen LogP contribution in [0, 0.1) is 12.8 Å². The van der Waals surface area contributed by atoms with Crippen LogP contribution in [-0.4, -0.2) is 28.4 Å². The minimum Gasteiger partial charge on any atom is -0.341 e. The summed E-state index contributed by atoms with van der Waals surface area (Å²) in [5.74, 6) is 1.50. The van der Waals surface area contributed by atoms with Crippen molar-refractivity contribution in [3.8, 4) is 0 Å². The van der Waals surface area contributed by atoms with Crippen LogP contribution in [0.15, 0.2) is 12.4 Å². The molecule has 0 aromatic carbocycles. The van der Waals surface area contributed by atoms with Crippen LogP contribution >= 0.6 is 11.6 Å². The minimum atomic E-state index is 0.279. The van der Waals surface area contributed by atoms with E-state index in [-0.39, 0.29) is 5.38 Å². The highest BCUT2D eigenvalue weighted by molar-refractivity contribution is 6.20. The lowest BCUT2D eigenvalue weighted by Gasteiger charge is -2.33. The van der Waals surface area contributed by atoms with Gasteiger partial charge in [-0.3, -0.25) is 0 Å². The standard InChI is InChI=1S/C12H18ClN3/c1-9-7-14-12(15-8-9)16-5-3-11(4-6-16)10(2)13/h7-8,10-11H,3-6H2,1-2H3. The van der Waals surface area contributed by atoms with Gasteiger partial charge in [0.1, 0.15) is 0 Å². The summed E-state index contributed by atoms with van der Waals surface area (Å²) in [6, 6.07) is 0. The molecule has 1 fully saturated rings. The quantitative estimate of drug-likeness (QED) is 0.743. The van der Waals surface area contributed by atoms with Crippen LogP contribution < -0.4 is 4.90 Å². The molecule has 1 saturated heterocycles. The van der Waals surface area contributed by atoms with Crippen LogP contribution in [0.4, 0.5) is 5.95 Å². The molecular formula is C12H18ClN3.